The number of hydrogen-bond donors (Lipinski definition) is 0. The molecule has 0 radical (unpaired) electrons. The summed E-state index contributed by atoms with van der Waals surface area (Å²) in [5, 5.41) is 0. The van der Waals surface area contributed by atoms with Crippen molar-refractivity contribution in [1.82, 2.24) is 0 Å². The van der Waals surface area contributed by atoms with Gasteiger partial charge in [-0.25, -0.2) is 0 Å². The molecule has 1 unspecified atom stereocenters. The molecule has 1 aromatic carbocycles. The summed E-state index contributed by atoms with van der Waals surface area (Å²) in [6, 6.07) is 6.08. The van der Waals surface area contributed by atoms with Gasteiger partial charge < -0.3 is 9.47 Å². The zero-order chi connectivity index (χ0) is 19.1. The topological polar surface area (TPSA) is 52.6 Å². The van der Waals surface area contributed by atoms with E-state index in [0.29, 0.717) is 6.42 Å². The van der Waals surface area contributed by atoms with Gasteiger partial charge in [0.2, 0.25) is 0 Å². The van der Waals surface area contributed by atoms with E-state index in [0.717, 1.165) is 49.8 Å². The second-order valence-corrected chi connectivity index (χ2v) is 8.56. The molecule has 27 heavy (non-hydrogen) atoms. The fraction of sp³-hybridized carbons (Fsp3) is 0.565. The Hall–Kier alpha value is -2.10. The van der Waals surface area contributed by atoms with E-state index in [2.05, 4.69) is 18.2 Å². The summed E-state index contributed by atoms with van der Waals surface area (Å²) in [7, 11) is 1.67. The molecule has 0 heterocycles. The van der Waals surface area contributed by atoms with Crippen molar-refractivity contribution in [2.24, 2.45) is 10.8 Å². The number of Topliss-reactive ketones (excluding diaryl/α,β-unsaturated/α-hetero) is 1. The first-order chi connectivity index (χ1) is 13.0. The fourth-order valence-corrected chi connectivity index (χ4v) is 5.53. The summed E-state index contributed by atoms with van der Waals surface area (Å²) in [5.74, 6) is 0.774. The lowest BCUT2D eigenvalue weighted by Crippen LogP contribution is -2.53. The maximum Gasteiger partial charge on any atom is 0.302 e. The van der Waals surface area contributed by atoms with Crippen LogP contribution in [0.4, 0.5) is 0 Å². The normalized spacial score (nSPS) is 28.8. The molecule has 0 aliphatic heterocycles. The zero-order valence-electron chi connectivity index (χ0n) is 16.3. The summed E-state index contributed by atoms with van der Waals surface area (Å²) in [5.41, 5.74) is 1.80. The molecule has 0 N–H and O–H groups in total. The van der Waals surface area contributed by atoms with E-state index < -0.39 is 5.41 Å². The van der Waals surface area contributed by atoms with Crippen LogP contribution in [0.5, 0.6) is 5.75 Å². The van der Waals surface area contributed by atoms with Gasteiger partial charge in [0.25, 0.3) is 0 Å². The molecular formula is C23H28O4. The number of carbonyl (C=O) groups excluding carboxylic acids is 2. The lowest BCUT2D eigenvalue weighted by atomic mass is 9.53. The predicted octanol–water partition coefficient (Wildman–Crippen LogP) is 4.50. The maximum absolute atomic E-state index is 13.3. The molecule has 4 nitrogen and oxygen atoms in total. The van der Waals surface area contributed by atoms with Crippen molar-refractivity contribution in [1.29, 1.82) is 0 Å². The molecule has 2 spiro atoms. The Morgan fingerprint density at radius 1 is 1.19 bits per heavy atom. The number of hydrogen-bond acceptors (Lipinski definition) is 4. The zero-order valence-corrected chi connectivity index (χ0v) is 16.3. The van der Waals surface area contributed by atoms with E-state index >= 15 is 0 Å². The number of benzene rings is 1. The van der Waals surface area contributed by atoms with Gasteiger partial charge in [0.15, 0.2) is 0 Å². The smallest absolute Gasteiger partial charge is 0.302 e. The SMILES string of the molecule is COc1ccc2c(c1)C=C[C@@]1(C2)CC2(CCCCC2)C(OC(C)=O)CC1=O. The van der Waals surface area contributed by atoms with Crippen LogP contribution in [0, 0.1) is 10.8 Å². The van der Waals surface area contributed by atoms with Crippen LogP contribution in [-0.2, 0) is 20.7 Å². The molecule has 0 amide bonds. The van der Waals surface area contributed by atoms with Crippen molar-refractivity contribution in [3.8, 4) is 5.75 Å². The van der Waals surface area contributed by atoms with E-state index in [-0.39, 0.29) is 23.3 Å². The Morgan fingerprint density at radius 3 is 2.67 bits per heavy atom. The Morgan fingerprint density at radius 2 is 1.96 bits per heavy atom. The molecule has 0 aromatic heterocycles. The van der Waals surface area contributed by atoms with Gasteiger partial charge in [-0.3, -0.25) is 9.59 Å². The molecule has 1 aromatic rings. The largest absolute Gasteiger partial charge is 0.497 e. The second-order valence-electron chi connectivity index (χ2n) is 8.56. The van der Waals surface area contributed by atoms with Gasteiger partial charge in [-0.1, -0.05) is 37.5 Å². The molecule has 2 fully saturated rings. The highest BCUT2D eigenvalue weighted by Gasteiger charge is 2.55. The number of ether oxygens (including phenoxy) is 2. The van der Waals surface area contributed by atoms with Crippen molar-refractivity contribution >= 4 is 17.8 Å². The Labute approximate surface area is 160 Å². The highest BCUT2D eigenvalue weighted by molar-refractivity contribution is 5.91. The lowest BCUT2D eigenvalue weighted by Gasteiger charge is -2.52. The third kappa shape index (κ3) is 3.19. The first kappa shape index (κ1) is 18.3. The third-order valence-electron chi connectivity index (χ3n) is 6.88. The van der Waals surface area contributed by atoms with Crippen molar-refractivity contribution in [3.63, 3.8) is 0 Å². The van der Waals surface area contributed by atoms with E-state index in [1.54, 1.807) is 7.11 Å². The van der Waals surface area contributed by atoms with Gasteiger partial charge in [-0.05, 0) is 48.9 Å². The van der Waals surface area contributed by atoms with Crippen molar-refractivity contribution in [2.75, 3.05) is 7.11 Å². The Bertz CT molecular complexity index is 788. The minimum Gasteiger partial charge on any atom is -0.497 e. The molecule has 0 bridgehead atoms. The summed E-state index contributed by atoms with van der Waals surface area (Å²) < 4.78 is 11.0. The van der Waals surface area contributed by atoms with Crippen LogP contribution < -0.4 is 4.74 Å². The van der Waals surface area contributed by atoms with Crippen LogP contribution in [0.1, 0.15) is 63.0 Å². The predicted molar refractivity (Wildman–Crippen MR) is 103 cm³/mol. The first-order valence-corrected chi connectivity index (χ1v) is 10.0. The molecule has 3 aliphatic carbocycles. The van der Waals surface area contributed by atoms with Crippen molar-refractivity contribution < 1.29 is 19.1 Å². The maximum atomic E-state index is 13.3. The van der Waals surface area contributed by atoms with Gasteiger partial charge in [0.1, 0.15) is 17.6 Å². The van der Waals surface area contributed by atoms with Crippen LogP contribution in [0.25, 0.3) is 6.08 Å². The fourth-order valence-electron chi connectivity index (χ4n) is 5.53. The first-order valence-electron chi connectivity index (χ1n) is 10.0. The average molecular weight is 368 g/mol. The summed E-state index contributed by atoms with van der Waals surface area (Å²) in [6.45, 7) is 1.45. The van der Waals surface area contributed by atoms with Gasteiger partial charge in [-0.2, -0.15) is 0 Å². The lowest BCUT2D eigenvalue weighted by molar-refractivity contribution is -0.168. The van der Waals surface area contributed by atoms with Crippen LogP contribution >= 0.6 is 0 Å². The number of rotatable bonds is 2. The quantitative estimate of drug-likeness (QED) is 0.722. The Kier molecular flexibility index (Phi) is 4.61. The highest BCUT2D eigenvalue weighted by atomic mass is 16.5. The average Bonchev–Trinajstić information content (AvgIpc) is 2.66. The molecule has 0 saturated heterocycles. The summed E-state index contributed by atoms with van der Waals surface area (Å²) in [4.78, 5) is 24.9. The monoisotopic (exact) mass is 368 g/mol. The number of fused-ring (bicyclic) bond motifs is 1. The van der Waals surface area contributed by atoms with E-state index in [1.807, 2.05) is 12.1 Å². The minimum absolute atomic E-state index is 0.0633. The van der Waals surface area contributed by atoms with Crippen LogP contribution in [0.3, 0.4) is 0 Å². The second kappa shape index (κ2) is 6.81. The van der Waals surface area contributed by atoms with Gasteiger partial charge in [0, 0.05) is 18.8 Å². The van der Waals surface area contributed by atoms with Gasteiger partial charge in [-0.15, -0.1) is 0 Å². The number of esters is 1. The highest BCUT2D eigenvalue weighted by Crippen LogP contribution is 2.56. The van der Waals surface area contributed by atoms with E-state index in [1.165, 1.54) is 18.9 Å². The van der Waals surface area contributed by atoms with Crippen LogP contribution in [0.15, 0.2) is 24.3 Å². The van der Waals surface area contributed by atoms with E-state index in [4.69, 9.17) is 9.47 Å². The number of allylic oxidation sites excluding steroid dienone is 1. The molecule has 2 saturated carbocycles. The summed E-state index contributed by atoms with van der Waals surface area (Å²) in [6.07, 6.45) is 11.4. The molecule has 4 heteroatoms. The number of carbonyl (C=O) groups is 2. The minimum atomic E-state index is -0.463. The van der Waals surface area contributed by atoms with Crippen LogP contribution in [0.2, 0.25) is 0 Å². The molecule has 2 atom stereocenters. The van der Waals surface area contributed by atoms with Gasteiger partial charge >= 0.3 is 5.97 Å². The summed E-state index contributed by atoms with van der Waals surface area (Å²) >= 11 is 0. The molecule has 3 aliphatic rings. The number of methoxy groups -OCH3 is 1. The standard InChI is InChI=1S/C23H28O4/c1-16(24)27-21-13-20(25)23(15-22(21)9-4-3-5-10-22)11-8-17-12-19(26-2)7-6-18(17)14-23/h6-8,11-12,21H,3-5,9-10,13-15H2,1-2H3/t21?,23-/m1/s1. The van der Waals surface area contributed by atoms with Gasteiger partial charge in [0.05, 0.1) is 12.5 Å². The molecule has 144 valence electrons. The van der Waals surface area contributed by atoms with Crippen molar-refractivity contribution in [2.45, 2.75) is 64.4 Å². The van der Waals surface area contributed by atoms with Crippen molar-refractivity contribution in [3.05, 3.63) is 35.4 Å². The molecule has 4 rings (SSSR count). The Balaban J connectivity index is 1.68. The number of ketones is 1. The third-order valence-corrected chi connectivity index (χ3v) is 6.88. The van der Waals surface area contributed by atoms with Crippen LogP contribution in [-0.4, -0.2) is 25.0 Å². The molecular weight excluding hydrogens is 340 g/mol. The van der Waals surface area contributed by atoms with E-state index in [9.17, 15) is 9.59 Å².